The molecular formula is C14H16. The van der Waals surface area contributed by atoms with Crippen molar-refractivity contribution in [3.05, 3.63) is 52.6 Å². The van der Waals surface area contributed by atoms with Crippen molar-refractivity contribution in [2.24, 2.45) is 0 Å². The summed E-state index contributed by atoms with van der Waals surface area (Å²) < 4.78 is 0. The summed E-state index contributed by atoms with van der Waals surface area (Å²) in [5.41, 5.74) is 7.10. The second kappa shape index (κ2) is 3.45. The van der Waals surface area contributed by atoms with Crippen molar-refractivity contribution >= 4 is 5.57 Å². The molecule has 0 unspecified atom stereocenters. The molecule has 0 nitrogen and oxygen atoms in total. The van der Waals surface area contributed by atoms with Crippen LogP contribution in [-0.4, -0.2) is 0 Å². The van der Waals surface area contributed by atoms with E-state index in [-0.39, 0.29) is 0 Å². The number of hydrogen-bond acceptors (Lipinski definition) is 0. The maximum atomic E-state index is 2.31. The number of aryl methyl sites for hydroxylation is 1. The number of benzene rings is 1. The molecule has 0 heteroatoms. The van der Waals surface area contributed by atoms with Gasteiger partial charge in [0.15, 0.2) is 0 Å². The molecule has 0 aliphatic heterocycles. The van der Waals surface area contributed by atoms with E-state index in [1.165, 1.54) is 27.8 Å². The summed E-state index contributed by atoms with van der Waals surface area (Å²) in [6, 6.07) is 8.76. The summed E-state index contributed by atoms with van der Waals surface area (Å²) in [6.45, 7) is 6.56. The third kappa shape index (κ3) is 1.52. The van der Waals surface area contributed by atoms with Gasteiger partial charge in [-0.15, -0.1) is 0 Å². The van der Waals surface area contributed by atoms with Gasteiger partial charge in [-0.05, 0) is 43.9 Å². The molecule has 0 atom stereocenters. The minimum absolute atomic E-state index is 1.10. The van der Waals surface area contributed by atoms with Gasteiger partial charge in [-0.1, -0.05) is 41.5 Å². The topological polar surface area (TPSA) is 0 Å². The summed E-state index contributed by atoms with van der Waals surface area (Å²) in [5.74, 6) is 0. The van der Waals surface area contributed by atoms with E-state index in [2.05, 4.69) is 51.1 Å². The molecule has 0 radical (unpaired) electrons. The number of allylic oxidation sites excluding steroid dienone is 4. The first-order valence-corrected chi connectivity index (χ1v) is 5.12. The molecule has 0 saturated carbocycles. The maximum absolute atomic E-state index is 2.31. The van der Waals surface area contributed by atoms with Crippen LogP contribution in [0.3, 0.4) is 0 Å². The van der Waals surface area contributed by atoms with Crippen LogP contribution in [0.15, 0.2) is 41.5 Å². The molecule has 1 aliphatic carbocycles. The molecule has 14 heavy (non-hydrogen) atoms. The molecule has 2 rings (SSSR count). The van der Waals surface area contributed by atoms with E-state index in [4.69, 9.17) is 0 Å². The van der Waals surface area contributed by atoms with Gasteiger partial charge in [0, 0.05) is 0 Å². The first-order valence-electron chi connectivity index (χ1n) is 5.12. The normalized spacial score (nSPS) is 16.1. The number of hydrogen-bond donors (Lipinski definition) is 0. The Kier molecular flexibility index (Phi) is 2.28. The second-order valence-corrected chi connectivity index (χ2v) is 4.06. The van der Waals surface area contributed by atoms with Gasteiger partial charge in [-0.2, -0.15) is 0 Å². The Labute approximate surface area is 86.0 Å². The van der Waals surface area contributed by atoms with Crippen LogP contribution < -0.4 is 0 Å². The molecule has 0 spiro atoms. The van der Waals surface area contributed by atoms with Crippen LogP contribution >= 0.6 is 0 Å². The van der Waals surface area contributed by atoms with Gasteiger partial charge in [0.1, 0.15) is 0 Å². The van der Waals surface area contributed by atoms with Gasteiger partial charge >= 0.3 is 0 Å². The van der Waals surface area contributed by atoms with Gasteiger partial charge in [-0.25, -0.2) is 0 Å². The van der Waals surface area contributed by atoms with E-state index in [1.807, 2.05) is 0 Å². The highest BCUT2D eigenvalue weighted by Gasteiger charge is 2.11. The molecule has 1 aromatic carbocycles. The predicted octanol–water partition coefficient (Wildman–Crippen LogP) is 4.12. The minimum atomic E-state index is 1.10. The zero-order valence-corrected chi connectivity index (χ0v) is 9.09. The van der Waals surface area contributed by atoms with Gasteiger partial charge in [-0.3, -0.25) is 0 Å². The molecule has 72 valence electrons. The fourth-order valence-corrected chi connectivity index (χ4v) is 1.97. The SMILES string of the molecule is CC1=CCC(c2cccc(C)c2)=C1C. The van der Waals surface area contributed by atoms with Crippen molar-refractivity contribution in [1.29, 1.82) is 0 Å². The predicted molar refractivity (Wildman–Crippen MR) is 62.1 cm³/mol. The second-order valence-electron chi connectivity index (χ2n) is 4.06. The highest BCUT2D eigenvalue weighted by atomic mass is 14.2. The molecule has 0 bridgehead atoms. The highest BCUT2D eigenvalue weighted by Crippen LogP contribution is 2.33. The number of rotatable bonds is 1. The minimum Gasteiger partial charge on any atom is -0.0769 e. The van der Waals surface area contributed by atoms with Crippen molar-refractivity contribution in [3.63, 3.8) is 0 Å². The van der Waals surface area contributed by atoms with Crippen molar-refractivity contribution in [1.82, 2.24) is 0 Å². The molecule has 0 amide bonds. The van der Waals surface area contributed by atoms with E-state index in [1.54, 1.807) is 0 Å². The molecule has 0 aromatic heterocycles. The van der Waals surface area contributed by atoms with E-state index in [0.717, 1.165) is 6.42 Å². The molecule has 0 heterocycles. The van der Waals surface area contributed by atoms with Crippen LogP contribution in [0.25, 0.3) is 5.57 Å². The van der Waals surface area contributed by atoms with Crippen LogP contribution in [0.4, 0.5) is 0 Å². The molecule has 0 fully saturated rings. The third-order valence-electron chi connectivity index (χ3n) is 3.02. The van der Waals surface area contributed by atoms with Crippen molar-refractivity contribution in [3.8, 4) is 0 Å². The lowest BCUT2D eigenvalue weighted by Gasteiger charge is -2.06. The van der Waals surface area contributed by atoms with Crippen molar-refractivity contribution in [2.45, 2.75) is 27.2 Å². The van der Waals surface area contributed by atoms with Gasteiger partial charge in [0.25, 0.3) is 0 Å². The van der Waals surface area contributed by atoms with Crippen LogP contribution in [-0.2, 0) is 0 Å². The van der Waals surface area contributed by atoms with Gasteiger partial charge in [0.05, 0.1) is 0 Å². The lowest BCUT2D eigenvalue weighted by atomic mass is 9.99. The molecule has 1 aromatic rings. The fraction of sp³-hybridized carbons (Fsp3) is 0.286. The first-order chi connectivity index (χ1) is 6.68. The zero-order valence-electron chi connectivity index (χ0n) is 9.09. The highest BCUT2D eigenvalue weighted by molar-refractivity contribution is 5.76. The van der Waals surface area contributed by atoms with E-state index in [9.17, 15) is 0 Å². The van der Waals surface area contributed by atoms with Crippen molar-refractivity contribution in [2.75, 3.05) is 0 Å². The Hall–Kier alpha value is -1.30. The van der Waals surface area contributed by atoms with E-state index >= 15 is 0 Å². The van der Waals surface area contributed by atoms with E-state index < -0.39 is 0 Å². The summed E-state index contributed by atoms with van der Waals surface area (Å²) in [7, 11) is 0. The lowest BCUT2D eigenvalue weighted by Crippen LogP contribution is -1.85. The monoisotopic (exact) mass is 184 g/mol. The maximum Gasteiger partial charge on any atom is -0.00830 e. The molecule has 0 saturated heterocycles. The van der Waals surface area contributed by atoms with Crippen LogP contribution in [0.1, 0.15) is 31.4 Å². The molecule has 0 N–H and O–H groups in total. The van der Waals surface area contributed by atoms with Gasteiger partial charge < -0.3 is 0 Å². The summed E-state index contributed by atoms with van der Waals surface area (Å²) in [5, 5.41) is 0. The standard InChI is InChI=1S/C14H16/c1-10-5-4-6-13(9-10)14-8-7-11(2)12(14)3/h4-7,9H,8H2,1-3H3. The smallest absolute Gasteiger partial charge is 0.00830 e. The largest absolute Gasteiger partial charge is 0.0769 e. The Morgan fingerprint density at radius 1 is 1.07 bits per heavy atom. The Balaban J connectivity index is 2.43. The Morgan fingerprint density at radius 3 is 2.43 bits per heavy atom. The average molecular weight is 184 g/mol. The summed E-state index contributed by atoms with van der Waals surface area (Å²) >= 11 is 0. The van der Waals surface area contributed by atoms with Gasteiger partial charge in [0.2, 0.25) is 0 Å². The average Bonchev–Trinajstić information content (AvgIpc) is 2.48. The summed E-state index contributed by atoms with van der Waals surface area (Å²) in [4.78, 5) is 0. The lowest BCUT2D eigenvalue weighted by molar-refractivity contribution is 1.37. The molecule has 1 aliphatic rings. The Bertz CT molecular complexity index is 419. The van der Waals surface area contributed by atoms with Crippen molar-refractivity contribution < 1.29 is 0 Å². The van der Waals surface area contributed by atoms with Crippen LogP contribution in [0.5, 0.6) is 0 Å². The third-order valence-corrected chi connectivity index (χ3v) is 3.02. The Morgan fingerprint density at radius 2 is 1.86 bits per heavy atom. The zero-order chi connectivity index (χ0) is 10.1. The van der Waals surface area contributed by atoms with Crippen LogP contribution in [0, 0.1) is 6.92 Å². The van der Waals surface area contributed by atoms with E-state index in [0.29, 0.717) is 0 Å². The summed E-state index contributed by atoms with van der Waals surface area (Å²) in [6.07, 6.45) is 3.41. The van der Waals surface area contributed by atoms with Crippen LogP contribution in [0.2, 0.25) is 0 Å². The fourth-order valence-electron chi connectivity index (χ4n) is 1.97. The first kappa shape index (κ1) is 9.26. The molecular weight excluding hydrogens is 168 g/mol. The quantitative estimate of drug-likeness (QED) is 0.616.